The van der Waals surface area contributed by atoms with Gasteiger partial charge in [-0.25, -0.2) is 0 Å². The number of carbonyl (C=O) groups excluding carboxylic acids is 2. The van der Waals surface area contributed by atoms with Gasteiger partial charge in [-0.05, 0) is 36.2 Å². The molecule has 118 valence electrons. The first-order valence-corrected chi connectivity index (χ1v) is 8.58. The molecule has 4 nitrogen and oxygen atoms in total. The van der Waals surface area contributed by atoms with E-state index >= 15 is 0 Å². The van der Waals surface area contributed by atoms with Gasteiger partial charge in [0.2, 0.25) is 5.91 Å². The molecule has 2 aromatic rings. The Bertz CT molecular complexity index is 764. The van der Waals surface area contributed by atoms with Crippen molar-refractivity contribution in [1.82, 2.24) is 5.32 Å². The minimum Gasteiger partial charge on any atom is -0.352 e. The summed E-state index contributed by atoms with van der Waals surface area (Å²) in [6.07, 6.45) is 0.685. The van der Waals surface area contributed by atoms with Crippen molar-refractivity contribution >= 4 is 40.9 Å². The Balaban J connectivity index is 1.59. The first kappa shape index (κ1) is 15.9. The molecule has 0 aromatic heterocycles. The number of amides is 2. The number of rotatable bonds is 4. The number of hydrogen-bond donors (Lipinski definition) is 2. The molecule has 2 N–H and O–H groups in total. The highest BCUT2D eigenvalue weighted by molar-refractivity contribution is 8.00. The fraction of sp³-hybridized carbons (Fsp3) is 0.176. The molecule has 0 saturated carbocycles. The molecule has 1 heterocycles. The lowest BCUT2D eigenvalue weighted by atomic mass is 10.1. The van der Waals surface area contributed by atoms with Crippen molar-refractivity contribution in [1.29, 1.82) is 0 Å². The Morgan fingerprint density at radius 1 is 1.26 bits per heavy atom. The third kappa shape index (κ3) is 3.86. The van der Waals surface area contributed by atoms with Crippen LogP contribution in [0.2, 0.25) is 5.02 Å². The van der Waals surface area contributed by atoms with Crippen molar-refractivity contribution in [2.75, 3.05) is 17.6 Å². The van der Waals surface area contributed by atoms with Crippen LogP contribution >= 0.6 is 23.4 Å². The van der Waals surface area contributed by atoms with Crippen LogP contribution in [0.4, 0.5) is 5.69 Å². The van der Waals surface area contributed by atoms with Crippen LogP contribution in [0, 0.1) is 0 Å². The number of carbonyl (C=O) groups is 2. The fourth-order valence-electron chi connectivity index (χ4n) is 2.35. The van der Waals surface area contributed by atoms with Crippen LogP contribution in [0.25, 0.3) is 0 Å². The van der Waals surface area contributed by atoms with Crippen molar-refractivity contribution in [3.63, 3.8) is 0 Å². The van der Waals surface area contributed by atoms with E-state index in [4.69, 9.17) is 11.6 Å². The molecular weight excluding hydrogens is 332 g/mol. The van der Waals surface area contributed by atoms with Crippen molar-refractivity contribution in [3.05, 3.63) is 58.6 Å². The summed E-state index contributed by atoms with van der Waals surface area (Å²) < 4.78 is 0. The standard InChI is InChI=1S/C17H15ClN2O2S/c18-13-4-2-1-3-12(13)17(22)19-8-7-11-5-6-15-14(9-11)20-16(21)10-23-15/h1-6,9H,7-8,10H2,(H,19,22)(H,20,21). The summed E-state index contributed by atoms with van der Waals surface area (Å²) in [4.78, 5) is 24.6. The van der Waals surface area contributed by atoms with E-state index in [1.165, 1.54) is 11.8 Å². The summed E-state index contributed by atoms with van der Waals surface area (Å²) in [6, 6.07) is 12.9. The van der Waals surface area contributed by atoms with Gasteiger partial charge < -0.3 is 10.6 Å². The molecular formula is C17H15ClN2O2S. The lowest BCUT2D eigenvalue weighted by Crippen LogP contribution is -2.26. The Labute approximate surface area is 143 Å². The fourth-order valence-corrected chi connectivity index (χ4v) is 3.36. The number of nitrogens with one attached hydrogen (secondary N) is 2. The molecule has 1 aliphatic rings. The molecule has 2 amide bonds. The second-order valence-corrected chi connectivity index (χ2v) is 6.58. The number of fused-ring (bicyclic) bond motifs is 1. The number of thioether (sulfide) groups is 1. The highest BCUT2D eigenvalue weighted by atomic mass is 35.5. The summed E-state index contributed by atoms with van der Waals surface area (Å²) >= 11 is 7.54. The molecule has 0 bridgehead atoms. The van der Waals surface area contributed by atoms with Gasteiger partial charge in [0.05, 0.1) is 22.0 Å². The molecule has 6 heteroatoms. The van der Waals surface area contributed by atoms with Gasteiger partial charge in [0.1, 0.15) is 0 Å². The summed E-state index contributed by atoms with van der Waals surface area (Å²) in [5.41, 5.74) is 2.38. The van der Waals surface area contributed by atoms with Gasteiger partial charge in [-0.15, -0.1) is 11.8 Å². The van der Waals surface area contributed by atoms with Crippen LogP contribution in [0.3, 0.4) is 0 Å². The third-order valence-corrected chi connectivity index (χ3v) is 4.90. The van der Waals surface area contributed by atoms with Crippen molar-refractivity contribution in [3.8, 4) is 0 Å². The zero-order chi connectivity index (χ0) is 16.2. The lowest BCUT2D eigenvalue weighted by Gasteiger charge is -2.17. The predicted octanol–water partition coefficient (Wildman–Crippen LogP) is 3.36. The topological polar surface area (TPSA) is 58.2 Å². The SMILES string of the molecule is O=C1CSc2ccc(CCNC(=O)c3ccccc3Cl)cc2N1. The van der Waals surface area contributed by atoms with E-state index in [-0.39, 0.29) is 11.8 Å². The summed E-state index contributed by atoms with van der Waals surface area (Å²) in [7, 11) is 0. The van der Waals surface area contributed by atoms with Gasteiger partial charge in [0, 0.05) is 11.4 Å². The van der Waals surface area contributed by atoms with Crippen LogP contribution < -0.4 is 10.6 Å². The second kappa shape index (κ2) is 7.06. The van der Waals surface area contributed by atoms with E-state index in [0.717, 1.165) is 16.1 Å². The van der Waals surface area contributed by atoms with Crippen LogP contribution in [-0.4, -0.2) is 24.1 Å². The average molecular weight is 347 g/mol. The zero-order valence-electron chi connectivity index (χ0n) is 12.3. The van der Waals surface area contributed by atoms with Crippen LogP contribution in [0.1, 0.15) is 15.9 Å². The molecule has 1 aliphatic heterocycles. The van der Waals surface area contributed by atoms with Crippen molar-refractivity contribution in [2.45, 2.75) is 11.3 Å². The summed E-state index contributed by atoms with van der Waals surface area (Å²) in [6.45, 7) is 0.504. The van der Waals surface area contributed by atoms with Gasteiger partial charge in [0.15, 0.2) is 0 Å². The third-order valence-electron chi connectivity index (χ3n) is 3.49. The maximum absolute atomic E-state index is 12.1. The van der Waals surface area contributed by atoms with Crippen LogP contribution in [-0.2, 0) is 11.2 Å². The molecule has 0 saturated heterocycles. The molecule has 0 spiro atoms. The van der Waals surface area contributed by atoms with E-state index in [0.29, 0.717) is 29.3 Å². The number of halogens is 1. The molecule has 0 radical (unpaired) electrons. The molecule has 2 aromatic carbocycles. The molecule has 0 aliphatic carbocycles. The predicted molar refractivity (Wildman–Crippen MR) is 93.3 cm³/mol. The molecule has 0 fully saturated rings. The Morgan fingerprint density at radius 3 is 2.91 bits per heavy atom. The van der Waals surface area contributed by atoms with Gasteiger partial charge >= 0.3 is 0 Å². The Hall–Kier alpha value is -1.98. The minimum absolute atomic E-state index is 0.0201. The van der Waals surface area contributed by atoms with Gasteiger partial charge in [-0.3, -0.25) is 9.59 Å². The molecule has 0 atom stereocenters. The van der Waals surface area contributed by atoms with Gasteiger partial charge in [-0.2, -0.15) is 0 Å². The first-order chi connectivity index (χ1) is 11.1. The lowest BCUT2D eigenvalue weighted by molar-refractivity contribution is -0.113. The second-order valence-electron chi connectivity index (χ2n) is 5.15. The summed E-state index contributed by atoms with van der Waals surface area (Å²) in [5, 5.41) is 6.17. The van der Waals surface area contributed by atoms with Gasteiger partial charge in [-0.1, -0.05) is 29.8 Å². The van der Waals surface area contributed by atoms with E-state index in [2.05, 4.69) is 10.6 Å². The molecule has 23 heavy (non-hydrogen) atoms. The monoisotopic (exact) mass is 346 g/mol. The first-order valence-electron chi connectivity index (χ1n) is 7.22. The highest BCUT2D eigenvalue weighted by Gasteiger charge is 2.15. The number of hydrogen-bond acceptors (Lipinski definition) is 3. The Morgan fingerprint density at radius 2 is 2.09 bits per heavy atom. The van der Waals surface area contributed by atoms with Crippen LogP contribution in [0.5, 0.6) is 0 Å². The van der Waals surface area contributed by atoms with E-state index in [1.807, 2.05) is 18.2 Å². The molecule has 3 rings (SSSR count). The largest absolute Gasteiger partial charge is 0.352 e. The Kier molecular flexibility index (Phi) is 4.88. The van der Waals surface area contributed by atoms with E-state index in [1.54, 1.807) is 24.3 Å². The quantitative estimate of drug-likeness (QED) is 0.892. The van der Waals surface area contributed by atoms with Gasteiger partial charge in [0.25, 0.3) is 5.91 Å². The smallest absolute Gasteiger partial charge is 0.252 e. The number of benzene rings is 2. The van der Waals surface area contributed by atoms with Crippen LogP contribution in [0.15, 0.2) is 47.4 Å². The zero-order valence-corrected chi connectivity index (χ0v) is 13.8. The average Bonchev–Trinajstić information content (AvgIpc) is 2.54. The van der Waals surface area contributed by atoms with Crippen molar-refractivity contribution in [2.24, 2.45) is 0 Å². The normalized spacial score (nSPS) is 13.2. The van der Waals surface area contributed by atoms with E-state index in [9.17, 15) is 9.59 Å². The minimum atomic E-state index is -0.183. The highest BCUT2D eigenvalue weighted by Crippen LogP contribution is 2.31. The van der Waals surface area contributed by atoms with E-state index < -0.39 is 0 Å². The maximum atomic E-state index is 12.1. The van der Waals surface area contributed by atoms with Crippen molar-refractivity contribution < 1.29 is 9.59 Å². The number of anilines is 1. The summed E-state index contributed by atoms with van der Waals surface area (Å²) in [5.74, 6) is 0.296. The molecule has 0 unspecified atom stereocenters. The maximum Gasteiger partial charge on any atom is 0.252 e.